The Morgan fingerprint density at radius 2 is 2.47 bits per heavy atom. The van der Waals surface area contributed by atoms with Crippen LogP contribution in [-0.2, 0) is 18.3 Å². The van der Waals surface area contributed by atoms with Crippen LogP contribution in [0.5, 0.6) is 0 Å². The highest BCUT2D eigenvalue weighted by Crippen LogP contribution is 1.97. The van der Waals surface area contributed by atoms with Crippen molar-refractivity contribution < 1.29 is 4.74 Å². The van der Waals surface area contributed by atoms with Gasteiger partial charge < -0.3 is 10.1 Å². The lowest BCUT2D eigenvalue weighted by Gasteiger charge is -2.08. The highest BCUT2D eigenvalue weighted by molar-refractivity contribution is 5.79. The van der Waals surface area contributed by atoms with Gasteiger partial charge in [0.25, 0.3) is 0 Å². The highest BCUT2D eigenvalue weighted by Gasteiger charge is 1.97. The molecule has 4 N–H and O–H groups in total. The number of guanidine groups is 1. The molecule has 0 aliphatic heterocycles. The second-order valence-corrected chi connectivity index (χ2v) is 3.60. The molecule has 17 heavy (non-hydrogen) atoms. The van der Waals surface area contributed by atoms with Crippen LogP contribution in [0.15, 0.2) is 17.4 Å². The molecule has 0 unspecified atom stereocenters. The first kappa shape index (κ1) is 13.5. The van der Waals surface area contributed by atoms with Crippen molar-refractivity contribution in [3.8, 4) is 0 Å². The molecule has 1 aromatic heterocycles. The summed E-state index contributed by atoms with van der Waals surface area (Å²) in [6, 6.07) is 0. The van der Waals surface area contributed by atoms with Crippen LogP contribution in [0, 0.1) is 0 Å². The zero-order chi connectivity index (χ0) is 12.5. The Morgan fingerprint density at radius 3 is 3.06 bits per heavy atom. The van der Waals surface area contributed by atoms with Crippen molar-refractivity contribution in [1.82, 2.24) is 20.5 Å². The number of aliphatic imine (C=N–C) groups is 1. The molecular weight excluding hydrogens is 220 g/mol. The molecule has 0 atom stereocenters. The molecule has 96 valence electrons. The molecule has 0 aromatic carbocycles. The maximum Gasteiger partial charge on any atom is 0.206 e. The van der Waals surface area contributed by atoms with Gasteiger partial charge in [0.2, 0.25) is 5.96 Å². The van der Waals surface area contributed by atoms with Gasteiger partial charge in [-0.3, -0.25) is 10.1 Å². The van der Waals surface area contributed by atoms with Crippen molar-refractivity contribution in [2.24, 2.45) is 17.9 Å². The molecule has 0 radical (unpaired) electrons. The van der Waals surface area contributed by atoms with E-state index in [0.717, 1.165) is 18.5 Å². The van der Waals surface area contributed by atoms with E-state index >= 15 is 0 Å². The summed E-state index contributed by atoms with van der Waals surface area (Å²) in [6.07, 6.45) is 4.61. The number of nitrogens with one attached hydrogen (secondary N) is 2. The minimum Gasteiger partial charge on any atom is -0.385 e. The van der Waals surface area contributed by atoms with E-state index in [1.54, 1.807) is 18.0 Å². The Balaban J connectivity index is 2.33. The van der Waals surface area contributed by atoms with Gasteiger partial charge in [-0.1, -0.05) is 0 Å². The molecule has 1 aromatic rings. The lowest BCUT2D eigenvalue weighted by atomic mass is 10.4. The van der Waals surface area contributed by atoms with Crippen LogP contribution in [0.1, 0.15) is 12.0 Å². The summed E-state index contributed by atoms with van der Waals surface area (Å²) in [6.45, 7) is 2.03. The second kappa shape index (κ2) is 7.64. The number of nitrogens with two attached hydrogens (primary N) is 1. The van der Waals surface area contributed by atoms with Crippen LogP contribution >= 0.6 is 0 Å². The molecule has 7 heteroatoms. The Bertz CT molecular complexity index is 348. The summed E-state index contributed by atoms with van der Waals surface area (Å²) in [5.41, 5.74) is 3.57. The molecule has 1 heterocycles. The van der Waals surface area contributed by atoms with E-state index < -0.39 is 0 Å². The van der Waals surface area contributed by atoms with Crippen LogP contribution in [0.2, 0.25) is 0 Å². The molecule has 0 saturated heterocycles. The third-order valence-electron chi connectivity index (χ3n) is 2.13. The second-order valence-electron chi connectivity index (χ2n) is 3.60. The van der Waals surface area contributed by atoms with Crippen molar-refractivity contribution in [3.63, 3.8) is 0 Å². The van der Waals surface area contributed by atoms with E-state index in [4.69, 9.17) is 10.6 Å². The summed E-state index contributed by atoms with van der Waals surface area (Å²) in [4.78, 5) is 4.30. The average Bonchev–Trinajstić information content (AvgIpc) is 2.74. The van der Waals surface area contributed by atoms with E-state index in [-0.39, 0.29) is 0 Å². The predicted octanol–water partition coefficient (Wildman–Crippen LogP) is -0.634. The lowest BCUT2D eigenvalue weighted by Crippen LogP contribution is -2.42. The van der Waals surface area contributed by atoms with Gasteiger partial charge in [-0.25, -0.2) is 10.8 Å². The molecule has 0 aliphatic carbocycles. The fraction of sp³-hybridized carbons (Fsp3) is 0.600. The first-order valence-corrected chi connectivity index (χ1v) is 5.47. The smallest absolute Gasteiger partial charge is 0.206 e. The Labute approximate surface area is 101 Å². The summed E-state index contributed by atoms with van der Waals surface area (Å²) in [5.74, 6) is 5.94. The number of rotatable bonds is 6. The van der Waals surface area contributed by atoms with Crippen molar-refractivity contribution in [2.75, 3.05) is 20.3 Å². The monoisotopic (exact) mass is 240 g/mol. The Hall–Kier alpha value is -1.60. The summed E-state index contributed by atoms with van der Waals surface area (Å²) in [7, 11) is 3.55. The maximum atomic E-state index is 5.36. The van der Waals surface area contributed by atoms with Gasteiger partial charge >= 0.3 is 0 Å². The molecule has 0 amide bonds. The number of ether oxygens (including phenoxy) is 1. The molecule has 0 aliphatic rings. The SMILES string of the molecule is COCCCNC(=NCc1cnn(C)c1)NN. The molecule has 7 nitrogen and oxygen atoms in total. The predicted molar refractivity (Wildman–Crippen MR) is 66.2 cm³/mol. The van der Waals surface area contributed by atoms with Crippen molar-refractivity contribution in [1.29, 1.82) is 0 Å². The molecule has 0 fully saturated rings. The minimum atomic E-state index is 0.546. The van der Waals surface area contributed by atoms with Gasteiger partial charge in [-0.05, 0) is 6.42 Å². The number of hydrazine groups is 1. The Kier molecular flexibility index (Phi) is 6.05. The number of aromatic nitrogens is 2. The van der Waals surface area contributed by atoms with Crippen LogP contribution in [0.4, 0.5) is 0 Å². The summed E-state index contributed by atoms with van der Waals surface area (Å²) < 4.78 is 6.69. The standard InChI is InChI=1S/C10H20N6O/c1-16-8-9(7-14-16)6-13-10(15-11)12-4-3-5-17-2/h7-8H,3-6,11H2,1-2H3,(H2,12,13,15). The zero-order valence-electron chi connectivity index (χ0n) is 10.3. The van der Waals surface area contributed by atoms with E-state index in [0.29, 0.717) is 19.1 Å². The van der Waals surface area contributed by atoms with E-state index in [1.807, 2.05) is 13.2 Å². The van der Waals surface area contributed by atoms with Crippen LogP contribution in [0.3, 0.4) is 0 Å². The first-order chi connectivity index (χ1) is 8.26. The van der Waals surface area contributed by atoms with E-state index in [2.05, 4.69) is 20.8 Å². The van der Waals surface area contributed by atoms with Crippen LogP contribution < -0.4 is 16.6 Å². The first-order valence-electron chi connectivity index (χ1n) is 5.47. The molecule has 1 rings (SSSR count). The number of hydrogen-bond acceptors (Lipinski definition) is 4. The van der Waals surface area contributed by atoms with Crippen molar-refractivity contribution in [2.45, 2.75) is 13.0 Å². The van der Waals surface area contributed by atoms with Gasteiger partial charge in [0.1, 0.15) is 0 Å². The molecule has 0 spiro atoms. The summed E-state index contributed by atoms with van der Waals surface area (Å²) in [5, 5.41) is 7.15. The molecule has 0 bridgehead atoms. The van der Waals surface area contributed by atoms with Gasteiger partial charge in [0.05, 0.1) is 12.7 Å². The van der Waals surface area contributed by atoms with Gasteiger partial charge in [-0.2, -0.15) is 5.10 Å². The number of nitrogens with zero attached hydrogens (tertiary/aromatic N) is 3. The topological polar surface area (TPSA) is 89.5 Å². The molecule has 0 saturated carbocycles. The zero-order valence-corrected chi connectivity index (χ0v) is 10.3. The van der Waals surface area contributed by atoms with Crippen LogP contribution in [-0.4, -0.2) is 36.0 Å². The van der Waals surface area contributed by atoms with Gasteiger partial charge in [-0.15, -0.1) is 0 Å². The minimum absolute atomic E-state index is 0.546. The Morgan fingerprint density at radius 1 is 1.65 bits per heavy atom. The molecular formula is C10H20N6O. The summed E-state index contributed by atoms with van der Waals surface area (Å²) >= 11 is 0. The highest BCUT2D eigenvalue weighted by atomic mass is 16.5. The van der Waals surface area contributed by atoms with Gasteiger partial charge in [0, 0.05) is 39.1 Å². The third-order valence-corrected chi connectivity index (χ3v) is 2.13. The average molecular weight is 240 g/mol. The number of hydrogen-bond donors (Lipinski definition) is 3. The quantitative estimate of drug-likeness (QED) is 0.202. The fourth-order valence-electron chi connectivity index (χ4n) is 1.30. The van der Waals surface area contributed by atoms with Gasteiger partial charge in [0.15, 0.2) is 0 Å². The van der Waals surface area contributed by atoms with E-state index in [1.165, 1.54) is 0 Å². The maximum absolute atomic E-state index is 5.36. The normalized spacial score (nSPS) is 11.6. The third kappa shape index (κ3) is 5.32. The largest absolute Gasteiger partial charge is 0.385 e. The number of methoxy groups -OCH3 is 1. The van der Waals surface area contributed by atoms with E-state index in [9.17, 15) is 0 Å². The lowest BCUT2D eigenvalue weighted by molar-refractivity contribution is 0.195. The van der Waals surface area contributed by atoms with Crippen molar-refractivity contribution in [3.05, 3.63) is 18.0 Å². The fourth-order valence-corrected chi connectivity index (χ4v) is 1.30. The van der Waals surface area contributed by atoms with Crippen molar-refractivity contribution >= 4 is 5.96 Å². The number of aryl methyl sites for hydroxylation is 1. The van der Waals surface area contributed by atoms with Crippen LogP contribution in [0.25, 0.3) is 0 Å².